The van der Waals surface area contributed by atoms with Crippen LogP contribution in [0.25, 0.3) is 0 Å². The molecule has 2 unspecified atom stereocenters. The molecule has 0 radical (unpaired) electrons. The molecule has 2 aliphatic rings. The van der Waals surface area contributed by atoms with Crippen LogP contribution in [-0.4, -0.2) is 80.5 Å². The second kappa shape index (κ2) is 8.27. The van der Waals surface area contributed by atoms with Gasteiger partial charge in [0.25, 0.3) is 0 Å². The Hall–Kier alpha value is -2.46. The summed E-state index contributed by atoms with van der Waals surface area (Å²) >= 11 is 0. The van der Waals surface area contributed by atoms with Gasteiger partial charge < -0.3 is 25.0 Å². The van der Waals surface area contributed by atoms with E-state index in [0.29, 0.717) is 26.2 Å². The van der Waals surface area contributed by atoms with E-state index in [4.69, 9.17) is 9.84 Å². The number of piperazine rings is 1. The molecular weight excluding hydrogens is 374 g/mol. The molecule has 2 aliphatic heterocycles. The Morgan fingerprint density at radius 3 is 2.39 bits per heavy atom. The SMILES string of the molecule is CNC(C)C(=O)N1CCN(c2c(F)cc(N3CC(CO)OC3=O)cc2F)CC1. The number of hydrogen-bond donors (Lipinski definition) is 2. The van der Waals surface area contributed by atoms with Crippen LogP contribution in [0.5, 0.6) is 0 Å². The number of hydrogen-bond acceptors (Lipinski definition) is 6. The number of carbonyl (C=O) groups excluding carboxylic acids is 2. The molecule has 2 atom stereocenters. The van der Waals surface area contributed by atoms with Crippen molar-refractivity contribution in [3.8, 4) is 0 Å². The number of nitrogens with one attached hydrogen (secondary N) is 1. The zero-order chi connectivity index (χ0) is 20.4. The Kier molecular flexibility index (Phi) is 5.99. The van der Waals surface area contributed by atoms with Crippen molar-refractivity contribution in [2.45, 2.75) is 19.1 Å². The van der Waals surface area contributed by atoms with Crippen molar-refractivity contribution in [2.75, 3.05) is 56.2 Å². The zero-order valence-corrected chi connectivity index (χ0v) is 15.8. The molecule has 2 fully saturated rings. The maximum Gasteiger partial charge on any atom is 0.414 e. The third kappa shape index (κ3) is 3.88. The second-order valence-corrected chi connectivity index (χ2v) is 6.88. The number of likely N-dealkylation sites (N-methyl/N-ethyl adjacent to an activating group) is 1. The summed E-state index contributed by atoms with van der Waals surface area (Å²) < 4.78 is 34.3. The molecule has 10 heteroatoms. The van der Waals surface area contributed by atoms with Crippen LogP contribution in [0.1, 0.15) is 6.92 Å². The summed E-state index contributed by atoms with van der Waals surface area (Å²) in [7, 11) is 1.70. The molecule has 0 aromatic heterocycles. The third-order valence-electron chi connectivity index (χ3n) is 5.10. The number of aliphatic hydroxyl groups excluding tert-OH is 1. The van der Waals surface area contributed by atoms with Gasteiger partial charge in [0.05, 0.1) is 24.9 Å². The molecule has 2 heterocycles. The minimum atomic E-state index is -0.793. The van der Waals surface area contributed by atoms with E-state index in [1.54, 1.807) is 23.8 Å². The highest BCUT2D eigenvalue weighted by Gasteiger charge is 2.34. The van der Waals surface area contributed by atoms with Crippen LogP contribution in [0.3, 0.4) is 0 Å². The zero-order valence-electron chi connectivity index (χ0n) is 15.8. The summed E-state index contributed by atoms with van der Waals surface area (Å²) in [5, 5.41) is 12.0. The quantitative estimate of drug-likeness (QED) is 0.753. The van der Waals surface area contributed by atoms with Crippen molar-refractivity contribution >= 4 is 23.4 Å². The topological polar surface area (TPSA) is 85.4 Å². The largest absolute Gasteiger partial charge is 0.441 e. The molecule has 0 aliphatic carbocycles. The molecule has 28 heavy (non-hydrogen) atoms. The van der Waals surface area contributed by atoms with E-state index in [-0.39, 0.29) is 36.5 Å². The first-order chi connectivity index (χ1) is 13.3. The first kappa shape index (κ1) is 20.3. The molecule has 8 nitrogen and oxygen atoms in total. The van der Waals surface area contributed by atoms with Gasteiger partial charge in [0.2, 0.25) is 5.91 Å². The van der Waals surface area contributed by atoms with Crippen molar-refractivity contribution in [1.82, 2.24) is 10.2 Å². The van der Waals surface area contributed by atoms with Gasteiger partial charge in [-0.05, 0) is 14.0 Å². The van der Waals surface area contributed by atoms with Gasteiger partial charge in [-0.2, -0.15) is 0 Å². The third-order valence-corrected chi connectivity index (χ3v) is 5.10. The van der Waals surface area contributed by atoms with Gasteiger partial charge in [-0.3, -0.25) is 9.69 Å². The summed E-state index contributed by atoms with van der Waals surface area (Å²) in [6.07, 6.45) is -1.47. The highest BCUT2D eigenvalue weighted by Crippen LogP contribution is 2.31. The predicted molar refractivity (Wildman–Crippen MR) is 98.4 cm³/mol. The van der Waals surface area contributed by atoms with Crippen molar-refractivity contribution in [3.05, 3.63) is 23.8 Å². The number of anilines is 2. The summed E-state index contributed by atoms with van der Waals surface area (Å²) in [6, 6.07) is 1.85. The summed E-state index contributed by atoms with van der Waals surface area (Å²) in [4.78, 5) is 28.3. The van der Waals surface area contributed by atoms with Crippen LogP contribution in [0.15, 0.2) is 12.1 Å². The van der Waals surface area contributed by atoms with Crippen LogP contribution < -0.4 is 15.1 Å². The molecule has 2 saturated heterocycles. The molecule has 154 valence electrons. The second-order valence-electron chi connectivity index (χ2n) is 6.88. The van der Waals surface area contributed by atoms with E-state index in [2.05, 4.69) is 5.32 Å². The van der Waals surface area contributed by atoms with Crippen molar-refractivity contribution in [1.29, 1.82) is 0 Å². The van der Waals surface area contributed by atoms with Gasteiger partial charge in [-0.15, -0.1) is 0 Å². The fourth-order valence-corrected chi connectivity index (χ4v) is 3.39. The maximum absolute atomic E-state index is 14.7. The highest BCUT2D eigenvalue weighted by molar-refractivity contribution is 5.90. The number of cyclic esters (lactones) is 1. The fourth-order valence-electron chi connectivity index (χ4n) is 3.39. The Bertz CT molecular complexity index is 732. The van der Waals surface area contributed by atoms with E-state index in [1.807, 2.05) is 0 Å². The number of ether oxygens (including phenoxy) is 1. The van der Waals surface area contributed by atoms with Crippen molar-refractivity contribution in [2.24, 2.45) is 0 Å². The molecule has 0 bridgehead atoms. The molecule has 0 spiro atoms. The van der Waals surface area contributed by atoms with Gasteiger partial charge in [0, 0.05) is 38.3 Å². The van der Waals surface area contributed by atoms with Crippen LogP contribution in [0, 0.1) is 11.6 Å². The minimum Gasteiger partial charge on any atom is -0.441 e. The maximum atomic E-state index is 14.7. The lowest BCUT2D eigenvalue weighted by molar-refractivity contribution is -0.133. The number of nitrogens with zero attached hydrogens (tertiary/aromatic N) is 3. The highest BCUT2D eigenvalue weighted by atomic mass is 19.1. The lowest BCUT2D eigenvalue weighted by Crippen LogP contribution is -2.53. The fraction of sp³-hybridized carbons (Fsp3) is 0.556. The van der Waals surface area contributed by atoms with Crippen molar-refractivity contribution < 1.29 is 28.2 Å². The average Bonchev–Trinajstić information content (AvgIpc) is 3.07. The van der Waals surface area contributed by atoms with Crippen LogP contribution >= 0.6 is 0 Å². The smallest absolute Gasteiger partial charge is 0.414 e. The van der Waals surface area contributed by atoms with Gasteiger partial charge >= 0.3 is 6.09 Å². The van der Waals surface area contributed by atoms with Gasteiger partial charge in [0.15, 0.2) is 11.6 Å². The molecule has 1 aromatic carbocycles. The summed E-state index contributed by atoms with van der Waals surface area (Å²) in [5.74, 6) is -1.64. The molecule has 0 saturated carbocycles. The van der Waals surface area contributed by atoms with Crippen LogP contribution in [0.4, 0.5) is 25.0 Å². The number of benzene rings is 1. The number of amides is 2. The minimum absolute atomic E-state index is 0.0258. The molecule has 2 amide bonds. The van der Waals surface area contributed by atoms with E-state index >= 15 is 0 Å². The van der Waals surface area contributed by atoms with Crippen LogP contribution in [0.2, 0.25) is 0 Å². The van der Waals surface area contributed by atoms with E-state index < -0.39 is 23.8 Å². The average molecular weight is 398 g/mol. The molecule has 3 rings (SSSR count). The van der Waals surface area contributed by atoms with E-state index in [1.165, 1.54) is 0 Å². The number of carbonyl (C=O) groups is 2. The first-order valence-electron chi connectivity index (χ1n) is 9.14. The standard InChI is InChI=1S/C18H24F2N4O4/c1-11(21-2)17(26)23-5-3-22(4-6-23)16-14(19)7-12(8-15(16)20)24-9-13(10-25)28-18(24)27/h7-8,11,13,21,25H,3-6,9-10H2,1-2H3. The lowest BCUT2D eigenvalue weighted by atomic mass is 10.2. The molecular formula is C18H24F2N4O4. The number of halogens is 2. The lowest BCUT2D eigenvalue weighted by Gasteiger charge is -2.37. The van der Waals surface area contributed by atoms with Crippen molar-refractivity contribution in [3.63, 3.8) is 0 Å². The molecule has 1 aromatic rings. The Labute approximate surface area is 161 Å². The Morgan fingerprint density at radius 1 is 1.29 bits per heavy atom. The molecule has 2 N–H and O–H groups in total. The van der Waals surface area contributed by atoms with Crippen LogP contribution in [-0.2, 0) is 9.53 Å². The first-order valence-corrected chi connectivity index (χ1v) is 9.14. The Balaban J connectivity index is 1.72. The normalized spacial score (nSPS) is 21.1. The monoisotopic (exact) mass is 398 g/mol. The van der Waals surface area contributed by atoms with Gasteiger partial charge in [-0.25, -0.2) is 13.6 Å². The van der Waals surface area contributed by atoms with E-state index in [9.17, 15) is 18.4 Å². The Morgan fingerprint density at radius 2 is 1.89 bits per heavy atom. The van der Waals surface area contributed by atoms with E-state index in [0.717, 1.165) is 17.0 Å². The predicted octanol–water partition coefficient (Wildman–Crippen LogP) is 0.539. The van der Waals surface area contributed by atoms with Gasteiger partial charge in [-0.1, -0.05) is 0 Å². The summed E-state index contributed by atoms with van der Waals surface area (Å²) in [5.41, 5.74) is -0.139. The van der Waals surface area contributed by atoms with Gasteiger partial charge in [0.1, 0.15) is 11.8 Å². The summed E-state index contributed by atoms with van der Waals surface area (Å²) in [6.45, 7) is 2.75. The number of aliphatic hydroxyl groups is 1. The number of rotatable bonds is 5.